The summed E-state index contributed by atoms with van der Waals surface area (Å²) in [5.41, 5.74) is 8.50. The van der Waals surface area contributed by atoms with Crippen molar-refractivity contribution in [3.63, 3.8) is 0 Å². The number of aromatic amines is 1. The summed E-state index contributed by atoms with van der Waals surface area (Å²) < 4.78 is 1.45. The van der Waals surface area contributed by atoms with Crippen molar-refractivity contribution in [2.45, 2.75) is 77.2 Å². The Bertz CT molecular complexity index is 3120. The molecule has 0 spiro atoms. The first-order chi connectivity index (χ1) is 31.6. The van der Waals surface area contributed by atoms with E-state index in [1.54, 1.807) is 24.1 Å². The van der Waals surface area contributed by atoms with E-state index in [-0.39, 0.29) is 40.8 Å². The fourth-order valence-corrected chi connectivity index (χ4v) is 9.94. The van der Waals surface area contributed by atoms with E-state index in [1.807, 2.05) is 36.0 Å². The molecule has 330 valence electrons. The van der Waals surface area contributed by atoms with Crippen molar-refractivity contribution in [3.05, 3.63) is 104 Å². The van der Waals surface area contributed by atoms with Crippen LogP contribution in [0.2, 0.25) is 0 Å². The summed E-state index contributed by atoms with van der Waals surface area (Å²) in [6.07, 6.45) is 4.21. The number of H-pyrrole nitrogens is 1. The van der Waals surface area contributed by atoms with Crippen molar-refractivity contribution in [1.82, 2.24) is 25.1 Å². The van der Waals surface area contributed by atoms with Gasteiger partial charge in [-0.2, -0.15) is 5.26 Å². The first kappa shape index (κ1) is 44.2. The molecule has 3 aromatic carbocycles. The van der Waals surface area contributed by atoms with Crippen molar-refractivity contribution in [1.29, 1.82) is 5.26 Å². The van der Waals surface area contributed by atoms with Gasteiger partial charge in [0.15, 0.2) is 11.9 Å². The molecule has 5 aromatic rings. The van der Waals surface area contributed by atoms with E-state index < -0.39 is 11.5 Å². The lowest BCUT2D eigenvalue weighted by atomic mass is 9.69. The zero-order chi connectivity index (χ0) is 45.8. The number of hydrogen-bond donors (Lipinski definition) is 4. The molecule has 1 amide bonds. The van der Waals surface area contributed by atoms with E-state index in [2.05, 4.69) is 75.6 Å². The second-order valence-corrected chi connectivity index (χ2v) is 17.4. The first-order valence-electron chi connectivity index (χ1n) is 22.3. The van der Waals surface area contributed by atoms with Crippen LogP contribution in [0.25, 0.3) is 27.2 Å². The average Bonchev–Trinajstić information content (AvgIpc) is 3.89. The normalized spacial score (nSPS) is 16.6. The zero-order valence-electron chi connectivity index (χ0n) is 36.8. The van der Waals surface area contributed by atoms with Gasteiger partial charge in [-0.1, -0.05) is 39.0 Å². The number of carbonyl (C=O) groups excluding carboxylic acids is 6. The lowest BCUT2D eigenvalue weighted by molar-refractivity contribution is -0.121. The third-order valence-corrected chi connectivity index (χ3v) is 13.4. The Kier molecular flexibility index (Phi) is 12.7. The van der Waals surface area contributed by atoms with Crippen LogP contribution in [0.4, 0.5) is 11.4 Å². The Morgan fingerprint density at radius 3 is 2.37 bits per heavy atom. The first-order valence-corrected chi connectivity index (χ1v) is 22.3. The van der Waals surface area contributed by atoms with Crippen LogP contribution in [0.3, 0.4) is 0 Å². The number of aromatic nitrogens is 2. The Balaban J connectivity index is 0.814. The fraction of sp³-hybridized carbons (Fsp3) is 0.373. The minimum Gasteiger partial charge on any atom is -0.384 e. The van der Waals surface area contributed by atoms with Crippen molar-refractivity contribution in [2.75, 3.05) is 56.0 Å². The molecule has 1 atom stereocenters. The second-order valence-electron chi connectivity index (χ2n) is 17.4. The van der Waals surface area contributed by atoms with Gasteiger partial charge in [0, 0.05) is 108 Å². The molecule has 8 rings (SSSR count). The molecule has 1 unspecified atom stereocenters. The standard InChI is InChI=1S/C51H50N8O6/c1-4-33-24-37-38(28-61)48-35-13-11-32(26-52)23-41(35)56-50(48)51(2,3)39(37)25-44(33)58-21-19-57(20-22-58)18-15-47(65)54-17-7-5-6-16-53-40-10-8-9-36-45(30-63)59(46(31-64)49(36)40)43-14-12-34(27-60)55-42(43)29-62/h8-11,13,23-25,43,53,55-56H,4-7,12,14-22H2,1-3H3,(H,54,65). The maximum atomic E-state index is 12.9. The number of fused-ring (bicyclic) bond motifs is 5. The molecule has 1 aliphatic carbocycles. The third-order valence-electron chi connectivity index (χ3n) is 13.4. The molecular weight excluding hydrogens is 821 g/mol. The van der Waals surface area contributed by atoms with Gasteiger partial charge in [-0.25, -0.2) is 24.0 Å². The molecule has 0 saturated carbocycles. The quantitative estimate of drug-likeness (QED) is 0.0998. The van der Waals surface area contributed by atoms with E-state index in [4.69, 9.17) is 0 Å². The number of piperazine rings is 1. The molecule has 2 fully saturated rings. The third kappa shape index (κ3) is 8.17. The minimum atomic E-state index is -0.732. The van der Waals surface area contributed by atoms with Crippen molar-refractivity contribution in [2.24, 2.45) is 0 Å². The van der Waals surface area contributed by atoms with Crippen LogP contribution in [0.5, 0.6) is 0 Å². The molecule has 4 N–H and O–H groups in total. The topological polar surface area (TPSA) is 189 Å². The number of nitriles is 1. The van der Waals surface area contributed by atoms with E-state index >= 15 is 0 Å². The van der Waals surface area contributed by atoms with Crippen molar-refractivity contribution >= 4 is 74.2 Å². The van der Waals surface area contributed by atoms with Crippen LogP contribution >= 0.6 is 0 Å². The van der Waals surface area contributed by atoms with Gasteiger partial charge in [0.05, 0.1) is 23.2 Å². The van der Waals surface area contributed by atoms with Gasteiger partial charge in [0.2, 0.25) is 5.91 Å². The van der Waals surface area contributed by atoms with Gasteiger partial charge >= 0.3 is 0 Å². The lowest BCUT2D eigenvalue weighted by Crippen LogP contribution is -2.47. The number of carbonyl (C=O) groups is 1. The molecule has 2 saturated heterocycles. The Morgan fingerprint density at radius 1 is 0.877 bits per heavy atom. The second kappa shape index (κ2) is 18.7. The van der Waals surface area contributed by atoms with E-state index in [0.29, 0.717) is 53.7 Å². The lowest BCUT2D eigenvalue weighted by Gasteiger charge is -2.39. The highest BCUT2D eigenvalue weighted by Crippen LogP contribution is 2.49. The molecular formula is C51H50N8O6. The zero-order valence-corrected chi connectivity index (χ0v) is 36.8. The smallest absolute Gasteiger partial charge is 0.221 e. The number of piperidine rings is 1. The van der Waals surface area contributed by atoms with Crippen LogP contribution in [0.15, 0.2) is 59.9 Å². The van der Waals surface area contributed by atoms with E-state index in [0.717, 1.165) is 85.1 Å². The molecule has 3 aliphatic rings. The number of hydrogen-bond acceptors (Lipinski definition) is 11. The summed E-state index contributed by atoms with van der Waals surface area (Å²) in [6, 6.07) is 16.8. The molecule has 2 aliphatic heterocycles. The van der Waals surface area contributed by atoms with Crippen molar-refractivity contribution < 1.29 is 28.8 Å². The molecule has 4 heterocycles. The number of amides is 1. The maximum Gasteiger partial charge on any atom is 0.221 e. The van der Waals surface area contributed by atoms with Crippen LogP contribution in [0.1, 0.15) is 98.8 Å². The summed E-state index contributed by atoms with van der Waals surface area (Å²) in [5.74, 6) is 9.80. The SMILES string of the molecule is CCc1cc2c(cc1N1CCN(CCC(=O)NCCCCCNc3cccc4c(=C=O)n(C5CCC(=C=O)NC5=C=O)c(=C=O)c34)CC1)C(C)(C)c1[nH]c3cc(C#N)ccc3c1C2=C=O. The maximum absolute atomic E-state index is 12.9. The Hall–Kier alpha value is -7.43. The van der Waals surface area contributed by atoms with Gasteiger partial charge in [0.25, 0.3) is 0 Å². The van der Waals surface area contributed by atoms with Crippen LogP contribution in [0, 0.1) is 11.3 Å². The number of rotatable bonds is 13. The van der Waals surface area contributed by atoms with Crippen LogP contribution < -0.4 is 31.5 Å². The number of nitrogens with zero attached hydrogens (tertiary/aromatic N) is 4. The monoisotopic (exact) mass is 870 g/mol. The predicted molar refractivity (Wildman–Crippen MR) is 248 cm³/mol. The minimum absolute atomic E-state index is 0.0192. The van der Waals surface area contributed by atoms with Gasteiger partial charge in [-0.3, -0.25) is 9.69 Å². The summed E-state index contributed by atoms with van der Waals surface area (Å²) >= 11 is 0. The fourth-order valence-electron chi connectivity index (χ4n) is 9.94. The molecule has 0 radical (unpaired) electrons. The summed E-state index contributed by atoms with van der Waals surface area (Å²) in [7, 11) is 0. The Labute approximate surface area is 375 Å². The van der Waals surface area contributed by atoms with E-state index in [9.17, 15) is 34.0 Å². The number of aryl methyl sites for hydroxylation is 1. The predicted octanol–water partition coefficient (Wildman–Crippen LogP) is 3.73. The molecule has 2 aromatic heterocycles. The highest BCUT2D eigenvalue weighted by molar-refractivity contribution is 6.10. The number of anilines is 2. The number of nitrogens with one attached hydrogen (secondary N) is 4. The number of unbranched alkanes of at least 4 members (excludes halogenated alkanes) is 2. The van der Waals surface area contributed by atoms with Gasteiger partial charge in [-0.15, -0.1) is 0 Å². The van der Waals surface area contributed by atoms with E-state index in [1.165, 1.54) is 15.8 Å². The van der Waals surface area contributed by atoms with Gasteiger partial charge in [-0.05, 0) is 79.1 Å². The molecule has 65 heavy (non-hydrogen) atoms. The Morgan fingerprint density at radius 2 is 1.66 bits per heavy atom. The largest absolute Gasteiger partial charge is 0.384 e. The molecule has 14 nitrogen and oxygen atoms in total. The molecule has 14 heteroatoms. The van der Waals surface area contributed by atoms with Gasteiger partial charge in [0.1, 0.15) is 39.9 Å². The molecule has 0 bridgehead atoms. The number of benzene rings is 3. The summed E-state index contributed by atoms with van der Waals surface area (Å²) in [5, 5.41) is 20.8. The number of allylic oxidation sites excluding steroid dienone is 2. The van der Waals surface area contributed by atoms with Crippen LogP contribution in [-0.4, -0.2) is 95.9 Å². The summed E-state index contributed by atoms with van der Waals surface area (Å²) in [4.78, 5) is 81.5. The average molecular weight is 871 g/mol. The van der Waals surface area contributed by atoms with Crippen LogP contribution in [-0.2, 0) is 40.6 Å². The highest BCUT2D eigenvalue weighted by Gasteiger charge is 2.39. The summed E-state index contributed by atoms with van der Waals surface area (Å²) in [6.45, 7) is 11.6. The highest BCUT2D eigenvalue weighted by atomic mass is 16.1. The van der Waals surface area contributed by atoms with Crippen molar-refractivity contribution in [3.8, 4) is 6.07 Å². The van der Waals surface area contributed by atoms with Gasteiger partial charge < -0.3 is 30.4 Å².